The lowest BCUT2D eigenvalue weighted by Gasteiger charge is -2.30. The number of aromatic nitrogens is 3. The molecule has 0 saturated heterocycles. The number of amides is 1. The van der Waals surface area contributed by atoms with Crippen molar-refractivity contribution in [1.29, 1.82) is 0 Å². The number of ether oxygens (including phenoxy) is 2. The summed E-state index contributed by atoms with van der Waals surface area (Å²) in [6.45, 7) is 4.06. The third-order valence-corrected chi connectivity index (χ3v) is 7.39. The molecule has 2 heterocycles. The van der Waals surface area contributed by atoms with Crippen LogP contribution in [0.5, 0.6) is 11.8 Å². The van der Waals surface area contributed by atoms with Gasteiger partial charge in [-0.1, -0.05) is 12.1 Å². The summed E-state index contributed by atoms with van der Waals surface area (Å²) < 4.78 is 14.0. The highest BCUT2D eigenvalue weighted by molar-refractivity contribution is 5.91. The lowest BCUT2D eigenvalue weighted by Crippen LogP contribution is -2.21. The molecule has 2 aliphatic carbocycles. The smallest absolute Gasteiger partial charge is 0.411 e. The lowest BCUT2D eigenvalue weighted by atomic mass is 9.92. The molecule has 4 aromatic rings. The monoisotopic (exact) mass is 482 g/mol. The molecule has 1 N–H and O–H groups in total. The summed E-state index contributed by atoms with van der Waals surface area (Å²) in [7, 11) is 0. The van der Waals surface area contributed by atoms with E-state index in [2.05, 4.69) is 51.0 Å². The highest BCUT2D eigenvalue weighted by atomic mass is 16.6. The van der Waals surface area contributed by atoms with Crippen LogP contribution in [0.3, 0.4) is 0 Å². The van der Waals surface area contributed by atoms with Crippen LogP contribution in [0.1, 0.15) is 50.6 Å². The zero-order chi connectivity index (χ0) is 24.6. The van der Waals surface area contributed by atoms with E-state index in [1.165, 1.54) is 23.0 Å². The summed E-state index contributed by atoms with van der Waals surface area (Å²) in [5.41, 5.74) is 5.26. The van der Waals surface area contributed by atoms with Gasteiger partial charge in [0.2, 0.25) is 0 Å². The molecule has 1 atom stereocenters. The molecule has 0 aliphatic heterocycles. The van der Waals surface area contributed by atoms with E-state index in [0.29, 0.717) is 18.0 Å². The Morgan fingerprint density at radius 3 is 2.47 bits per heavy atom. The maximum Gasteiger partial charge on any atom is 0.411 e. The van der Waals surface area contributed by atoms with Crippen molar-refractivity contribution < 1.29 is 14.3 Å². The van der Waals surface area contributed by atoms with Crippen LogP contribution >= 0.6 is 0 Å². The highest BCUT2D eigenvalue weighted by Gasteiger charge is 2.30. The fourth-order valence-corrected chi connectivity index (χ4v) is 4.97. The van der Waals surface area contributed by atoms with E-state index >= 15 is 0 Å². The number of nitrogens with zero attached hydrogens (tertiary/aromatic N) is 3. The minimum Gasteiger partial charge on any atom is -0.446 e. The summed E-state index contributed by atoms with van der Waals surface area (Å²) in [6.07, 6.45) is 8.78. The van der Waals surface area contributed by atoms with E-state index < -0.39 is 6.09 Å². The SMILES string of the molecule is Cc1c(Oc2ncccn2)ccc2cc(-c3ccc(NC(=O)O[C@H](C)C4CC4)cc3)n(C3CCC3)c12. The zero-order valence-electron chi connectivity index (χ0n) is 20.6. The van der Waals surface area contributed by atoms with E-state index in [-0.39, 0.29) is 6.10 Å². The molecule has 0 unspecified atom stereocenters. The topological polar surface area (TPSA) is 78.3 Å². The Kier molecular flexibility index (Phi) is 5.83. The van der Waals surface area contributed by atoms with E-state index in [1.54, 1.807) is 18.5 Å². The predicted octanol–water partition coefficient (Wildman–Crippen LogP) is 7.27. The molecule has 7 heteroatoms. The van der Waals surface area contributed by atoms with Gasteiger partial charge >= 0.3 is 12.1 Å². The van der Waals surface area contributed by atoms with Gasteiger partial charge in [-0.2, -0.15) is 0 Å². The molecule has 6 rings (SSSR count). The van der Waals surface area contributed by atoms with Gasteiger partial charge in [-0.3, -0.25) is 5.32 Å². The number of hydrogen-bond acceptors (Lipinski definition) is 5. The number of aryl methyl sites for hydroxylation is 1. The number of carbonyl (C=O) groups is 1. The first-order chi connectivity index (χ1) is 17.6. The van der Waals surface area contributed by atoms with E-state index in [9.17, 15) is 4.79 Å². The predicted molar refractivity (Wildman–Crippen MR) is 139 cm³/mol. The minimum atomic E-state index is -0.392. The number of rotatable bonds is 7. The first-order valence-corrected chi connectivity index (χ1v) is 12.7. The van der Waals surface area contributed by atoms with Crippen molar-refractivity contribution in [2.75, 3.05) is 5.32 Å². The fourth-order valence-electron chi connectivity index (χ4n) is 4.97. The van der Waals surface area contributed by atoms with E-state index in [1.807, 2.05) is 25.1 Å². The van der Waals surface area contributed by atoms with Gasteiger partial charge in [0.1, 0.15) is 11.9 Å². The maximum absolute atomic E-state index is 12.3. The maximum atomic E-state index is 12.3. The molecule has 1 amide bonds. The molecule has 2 aliphatic rings. The van der Waals surface area contributed by atoms with Gasteiger partial charge in [-0.15, -0.1) is 0 Å². The fraction of sp³-hybridized carbons (Fsp3) is 0.345. The number of carbonyl (C=O) groups excluding carboxylic acids is 1. The summed E-state index contributed by atoms with van der Waals surface area (Å²) in [5, 5.41) is 4.04. The first-order valence-electron chi connectivity index (χ1n) is 12.7. The van der Waals surface area contributed by atoms with Gasteiger partial charge in [0.25, 0.3) is 0 Å². The van der Waals surface area contributed by atoms with Crippen molar-refractivity contribution in [3.63, 3.8) is 0 Å². The average Bonchev–Trinajstić information content (AvgIpc) is 3.63. The lowest BCUT2D eigenvalue weighted by molar-refractivity contribution is 0.108. The molecule has 184 valence electrons. The molecular formula is C29H30N4O3. The van der Waals surface area contributed by atoms with Crippen molar-refractivity contribution in [1.82, 2.24) is 14.5 Å². The average molecular weight is 483 g/mol. The summed E-state index contributed by atoms with van der Waals surface area (Å²) >= 11 is 0. The van der Waals surface area contributed by atoms with Crippen molar-refractivity contribution in [2.24, 2.45) is 5.92 Å². The highest BCUT2D eigenvalue weighted by Crippen LogP contribution is 2.43. The van der Waals surface area contributed by atoms with Gasteiger partial charge in [0, 0.05) is 40.8 Å². The summed E-state index contributed by atoms with van der Waals surface area (Å²) in [6, 6.07) is 16.9. The second-order valence-electron chi connectivity index (χ2n) is 9.89. The van der Waals surface area contributed by atoms with Gasteiger partial charge < -0.3 is 14.0 Å². The number of fused-ring (bicyclic) bond motifs is 1. The summed E-state index contributed by atoms with van der Waals surface area (Å²) in [5.74, 6) is 1.28. The molecule has 0 radical (unpaired) electrons. The van der Waals surface area contributed by atoms with Crippen LogP contribution in [-0.4, -0.2) is 26.7 Å². The Labute approximate surface area is 210 Å². The Balaban J connectivity index is 1.30. The van der Waals surface area contributed by atoms with Crippen LogP contribution in [0.4, 0.5) is 10.5 Å². The third kappa shape index (κ3) is 4.41. The van der Waals surface area contributed by atoms with Gasteiger partial charge in [-0.05, 0) is 93.8 Å². The number of hydrogen-bond donors (Lipinski definition) is 1. The Bertz CT molecular complexity index is 1390. The molecular weight excluding hydrogens is 452 g/mol. The first kappa shape index (κ1) is 22.6. The molecule has 2 aromatic carbocycles. The Morgan fingerprint density at radius 1 is 1.06 bits per heavy atom. The molecule has 2 fully saturated rings. The number of nitrogens with one attached hydrogen (secondary N) is 1. The second kappa shape index (κ2) is 9.30. The quantitative estimate of drug-likeness (QED) is 0.300. The van der Waals surface area contributed by atoms with Crippen LogP contribution in [0, 0.1) is 12.8 Å². The summed E-state index contributed by atoms with van der Waals surface area (Å²) in [4.78, 5) is 20.7. The second-order valence-corrected chi connectivity index (χ2v) is 9.89. The van der Waals surface area contributed by atoms with Crippen LogP contribution in [-0.2, 0) is 4.74 Å². The van der Waals surface area contributed by atoms with Crippen LogP contribution in [0.25, 0.3) is 22.2 Å². The van der Waals surface area contributed by atoms with Crippen molar-refractivity contribution in [2.45, 2.75) is 58.1 Å². The molecule has 0 bridgehead atoms. The minimum absolute atomic E-state index is 0.0342. The number of benzene rings is 2. The van der Waals surface area contributed by atoms with Crippen LogP contribution in [0.15, 0.2) is 60.9 Å². The largest absolute Gasteiger partial charge is 0.446 e. The van der Waals surface area contributed by atoms with Crippen molar-refractivity contribution >= 4 is 22.7 Å². The standard InChI is InChI=1S/C29H30N4O3/c1-18-26(36-28-30-15-4-16-31-28)14-11-22-17-25(33(27(18)22)24-5-3-6-24)21-9-12-23(13-10-21)32-29(34)35-19(2)20-7-8-20/h4,9-17,19-20,24H,3,5-8H2,1-2H3,(H,32,34)/t19-/m1/s1. The molecule has 2 saturated carbocycles. The van der Waals surface area contributed by atoms with Gasteiger partial charge in [-0.25, -0.2) is 14.8 Å². The Hall–Kier alpha value is -3.87. The van der Waals surface area contributed by atoms with Crippen molar-refractivity contribution in [3.05, 3.63) is 66.5 Å². The zero-order valence-corrected chi connectivity index (χ0v) is 20.6. The van der Waals surface area contributed by atoms with Crippen molar-refractivity contribution in [3.8, 4) is 23.0 Å². The van der Waals surface area contributed by atoms with E-state index in [0.717, 1.165) is 48.2 Å². The van der Waals surface area contributed by atoms with Crippen LogP contribution < -0.4 is 10.1 Å². The van der Waals surface area contributed by atoms with Gasteiger partial charge in [0.15, 0.2) is 0 Å². The molecule has 2 aromatic heterocycles. The van der Waals surface area contributed by atoms with Gasteiger partial charge in [0.05, 0.1) is 5.52 Å². The van der Waals surface area contributed by atoms with E-state index in [4.69, 9.17) is 9.47 Å². The number of anilines is 1. The molecule has 7 nitrogen and oxygen atoms in total. The molecule has 36 heavy (non-hydrogen) atoms. The normalized spacial score (nSPS) is 16.4. The van der Waals surface area contributed by atoms with Crippen LogP contribution in [0.2, 0.25) is 0 Å². The Morgan fingerprint density at radius 2 is 1.81 bits per heavy atom. The molecule has 0 spiro atoms. The third-order valence-electron chi connectivity index (χ3n) is 7.39.